The average molecular weight is 1300 g/mol. The molecule has 16 N–H and O–H groups in total. The quantitative estimate of drug-likeness (QED) is 0.0229. The fourth-order valence-electron chi connectivity index (χ4n) is 13.0. The van der Waals surface area contributed by atoms with Gasteiger partial charge in [0.25, 0.3) is 10.0 Å². The number of nitrogens with two attached hydrogens (primary N) is 4. The molecule has 8 rings (SSSR count). The molecule has 498 valence electrons. The van der Waals surface area contributed by atoms with Crippen molar-refractivity contribution in [3.05, 3.63) is 101 Å². The number of rotatable bonds is 26. The topological polar surface area (TPSA) is 450 Å². The Morgan fingerprint density at radius 3 is 2.08 bits per heavy atom. The predicted molar refractivity (Wildman–Crippen MR) is 335 cm³/mol. The Kier molecular flexibility index (Phi) is 23.7. The third-order valence-electron chi connectivity index (χ3n) is 17.7. The number of benzene rings is 3. The van der Waals surface area contributed by atoms with Crippen LogP contribution in [-0.2, 0) is 72.6 Å². The molecule has 92 heavy (non-hydrogen) atoms. The van der Waals surface area contributed by atoms with Gasteiger partial charge < -0.3 is 79.1 Å². The predicted octanol–water partition coefficient (Wildman–Crippen LogP) is -2.29. The van der Waals surface area contributed by atoms with Crippen molar-refractivity contribution in [3.8, 4) is 0 Å². The summed E-state index contributed by atoms with van der Waals surface area (Å²) in [6.07, 6.45) is 3.01. The van der Waals surface area contributed by atoms with Crippen molar-refractivity contribution < 1.29 is 66.9 Å². The van der Waals surface area contributed by atoms with Crippen LogP contribution in [0, 0.1) is 12.8 Å². The van der Waals surface area contributed by atoms with Gasteiger partial charge in [0.15, 0.2) is 5.96 Å². The highest BCUT2D eigenvalue weighted by Gasteiger charge is 2.52. The number of sulfonamides is 1. The lowest BCUT2D eigenvalue weighted by Gasteiger charge is -2.42. The van der Waals surface area contributed by atoms with Crippen molar-refractivity contribution in [1.82, 2.24) is 45.6 Å². The minimum Gasteiger partial charge on any atom is -0.480 e. The molecule has 3 aromatic carbocycles. The van der Waals surface area contributed by atoms with Crippen LogP contribution in [0.2, 0.25) is 0 Å². The molecule has 1 aliphatic carbocycles. The van der Waals surface area contributed by atoms with Gasteiger partial charge in [-0.05, 0) is 99.5 Å². The number of amides is 8. The Morgan fingerprint density at radius 2 is 1.37 bits per heavy atom. The van der Waals surface area contributed by atoms with Gasteiger partial charge in [0, 0.05) is 58.0 Å². The third kappa shape index (κ3) is 17.4. The minimum absolute atomic E-state index is 0.000165. The van der Waals surface area contributed by atoms with Crippen molar-refractivity contribution in [1.29, 1.82) is 0 Å². The molecule has 29 nitrogen and oxygen atoms in total. The van der Waals surface area contributed by atoms with Gasteiger partial charge in [-0.2, -0.15) is 0 Å². The van der Waals surface area contributed by atoms with E-state index in [0.29, 0.717) is 24.0 Å². The minimum atomic E-state index is -3.99. The molecule has 0 radical (unpaired) electrons. The molecule has 4 aliphatic heterocycles. The smallest absolute Gasteiger partial charge is 0.326 e. The first-order valence-electron chi connectivity index (χ1n) is 31.2. The van der Waals surface area contributed by atoms with E-state index >= 15 is 4.79 Å². The second kappa shape index (κ2) is 31.5. The molecule has 1 saturated carbocycles. The summed E-state index contributed by atoms with van der Waals surface area (Å²) in [5.41, 5.74) is 26.0. The number of carbonyl (C=O) groups is 9. The first-order valence-corrected chi connectivity index (χ1v) is 32.7. The van der Waals surface area contributed by atoms with Crippen LogP contribution >= 0.6 is 0 Å². The zero-order valence-corrected chi connectivity index (χ0v) is 52.3. The van der Waals surface area contributed by atoms with Crippen LogP contribution in [0.4, 0.5) is 0 Å². The second-order valence-electron chi connectivity index (χ2n) is 24.2. The summed E-state index contributed by atoms with van der Waals surface area (Å²) in [7, 11) is -3.99. The lowest BCUT2D eigenvalue weighted by Crippen LogP contribution is -2.63. The molecule has 8 amide bonds. The highest BCUT2D eigenvalue weighted by Crippen LogP contribution is 2.41. The number of carboxylic acid groups (broad SMARTS) is 1. The summed E-state index contributed by atoms with van der Waals surface area (Å²) in [6.45, 7) is 0.137. The van der Waals surface area contributed by atoms with Crippen molar-refractivity contribution in [2.24, 2.45) is 38.8 Å². The Labute approximate surface area is 533 Å². The van der Waals surface area contributed by atoms with Crippen LogP contribution in [0.5, 0.6) is 0 Å². The monoisotopic (exact) mass is 1300 g/mol. The summed E-state index contributed by atoms with van der Waals surface area (Å²) in [5.74, 6) is -7.65. The number of aryl methyl sites for hydroxylation is 1. The number of β-amino-alcohol motifs (C(OH)–C–C–N with tert-alkyl or cyclic N) is 1. The van der Waals surface area contributed by atoms with Gasteiger partial charge in [-0.15, -0.1) is 0 Å². The van der Waals surface area contributed by atoms with Gasteiger partial charge in [-0.1, -0.05) is 85.1 Å². The molecule has 0 unspecified atom stereocenters. The zero-order chi connectivity index (χ0) is 66.4. The number of aliphatic carboxylic acids is 1. The van der Waals surface area contributed by atoms with Crippen LogP contribution in [0.1, 0.15) is 99.3 Å². The lowest BCUT2D eigenvalue weighted by atomic mass is 9.84. The molecule has 4 fully saturated rings. The molecule has 3 aromatic rings. The molecule has 0 aromatic heterocycles. The Morgan fingerprint density at radius 1 is 0.685 bits per heavy atom. The van der Waals surface area contributed by atoms with E-state index in [-0.39, 0.29) is 113 Å². The van der Waals surface area contributed by atoms with Crippen LogP contribution in [0.15, 0.2) is 93.7 Å². The number of nitrogens with one attached hydrogen (secondary N) is 5. The van der Waals surface area contributed by atoms with E-state index < -0.39 is 137 Å². The van der Waals surface area contributed by atoms with Crippen molar-refractivity contribution in [2.75, 3.05) is 39.3 Å². The summed E-state index contributed by atoms with van der Waals surface area (Å²) in [6, 6.07) is 11.4. The Hall–Kier alpha value is -8.74. The van der Waals surface area contributed by atoms with Gasteiger partial charge in [0.1, 0.15) is 42.3 Å². The van der Waals surface area contributed by atoms with E-state index in [1.807, 2.05) is 13.0 Å². The Balaban J connectivity index is 0.901. The lowest BCUT2D eigenvalue weighted by molar-refractivity contribution is -0.153. The largest absolute Gasteiger partial charge is 0.480 e. The maximum atomic E-state index is 15.3. The molecule has 4 heterocycles. The van der Waals surface area contributed by atoms with E-state index in [4.69, 9.17) is 22.9 Å². The number of carbonyl (C=O) groups excluding carboxylic acids is 8. The normalized spacial score (nSPS) is 22.6. The summed E-state index contributed by atoms with van der Waals surface area (Å²) >= 11 is 0. The van der Waals surface area contributed by atoms with Gasteiger partial charge in [-0.3, -0.25) is 48.3 Å². The van der Waals surface area contributed by atoms with E-state index in [1.54, 1.807) is 60.7 Å². The van der Waals surface area contributed by atoms with E-state index in [9.17, 15) is 62.1 Å². The van der Waals surface area contributed by atoms with Crippen molar-refractivity contribution in [2.45, 2.75) is 169 Å². The molecule has 30 heteroatoms. The molecule has 0 spiro atoms. The average Bonchev–Trinajstić information content (AvgIpc) is 1.49. The zero-order valence-electron chi connectivity index (χ0n) is 51.4. The molecule has 3 saturated heterocycles. The standard InChI is InChI=1S/C62H85N15O14S/c1-36-21-23-42(24-22-36)92(90,91)73-62(66)68-26-9-17-43(63)56(84)74-27-11-20-48(74)58(86)76-34-41(79)31-49(76)54(82)69-32-52(80)70-45(28-37-12-3-2-4-13-37)53(81)72-46(35-78)57(85)75-33-40-16-6-5-14-38(40)29-51(75)59(87)77-47-19-8-7-15-39(47)30-50(77)55(83)71-44(60(88)89)18-10-25-67-61(64)65/h2-6,12-14,16,21-24,39,41,43-51,78-79H,7-11,15,17-20,25-35,63H2,1H3,(H,69,82)(H,70,80)(H,71,83)(H,72,81)(H,88,89)(H4,64,65,67)(H3,66,68,73)/t39-,41+,43-,44-,45-,46-,47-,48-,49-,50-,51+/m0/s1. The fraction of sp³-hybridized carbons (Fsp3) is 0.532. The summed E-state index contributed by atoms with van der Waals surface area (Å²) in [4.78, 5) is 141. The van der Waals surface area contributed by atoms with Crippen LogP contribution in [0.25, 0.3) is 0 Å². The highest BCUT2D eigenvalue weighted by molar-refractivity contribution is 7.90. The fourth-order valence-corrected chi connectivity index (χ4v) is 14.0. The van der Waals surface area contributed by atoms with E-state index in [0.717, 1.165) is 35.3 Å². The second-order valence-corrected chi connectivity index (χ2v) is 25.9. The van der Waals surface area contributed by atoms with Crippen LogP contribution in [-0.4, -0.2) is 208 Å². The van der Waals surface area contributed by atoms with Crippen molar-refractivity contribution >= 4 is 75.2 Å². The van der Waals surface area contributed by atoms with Gasteiger partial charge >= 0.3 is 5.97 Å². The number of nitrogens with zero attached hydrogens (tertiary/aromatic N) is 6. The first-order chi connectivity index (χ1) is 43.9. The molecular weight excluding hydrogens is 1210 g/mol. The Bertz CT molecular complexity index is 3350. The molecular formula is C62H85N15O14S. The third-order valence-corrected chi connectivity index (χ3v) is 19.1. The molecule has 5 aliphatic rings. The number of aliphatic hydroxyl groups excluding tert-OH is 2. The summed E-state index contributed by atoms with van der Waals surface area (Å²) < 4.78 is 27.6. The number of guanidine groups is 2. The maximum absolute atomic E-state index is 15.3. The maximum Gasteiger partial charge on any atom is 0.326 e. The van der Waals surface area contributed by atoms with Gasteiger partial charge in [-0.25, -0.2) is 17.9 Å². The van der Waals surface area contributed by atoms with Crippen molar-refractivity contribution in [3.63, 3.8) is 0 Å². The summed E-state index contributed by atoms with van der Waals surface area (Å²) in [5, 5.41) is 42.2. The van der Waals surface area contributed by atoms with Crippen LogP contribution < -0.4 is 48.9 Å². The highest BCUT2D eigenvalue weighted by atomic mass is 32.2. The number of hydrogen-bond acceptors (Lipinski definition) is 16. The number of hydrogen-bond donors (Lipinski definition) is 12. The molecule has 0 bridgehead atoms. The first kappa shape index (κ1) is 69.2. The number of aliphatic hydroxyl groups is 2. The number of likely N-dealkylation sites (tertiary alicyclic amines) is 3. The SMILES string of the molecule is Cc1ccc(S(=O)(=O)NC(N)=NCCC[C@H](N)C(=O)N2CCC[C@H]2C(=O)N2C[C@H](O)C[C@H]2C(=O)NCC(=O)N[C@@H](Cc2ccccc2)C(=O)N[C@@H](CO)C(=O)N2Cc3ccccc3C[C@@H]2C(=O)N2[C@H](C(=O)N[C@@H](CCCN=C(N)N)C(=O)O)C[C@@H]3CCCC[C@@H]32)cc1. The van der Waals surface area contributed by atoms with Gasteiger partial charge in [0.2, 0.25) is 53.2 Å². The molecule has 11 atom stereocenters. The number of fused-ring (bicyclic) bond motifs is 2. The van der Waals surface area contributed by atoms with E-state index in [2.05, 4.69) is 36.0 Å². The van der Waals surface area contributed by atoms with Gasteiger partial charge in [0.05, 0.1) is 30.2 Å². The van der Waals surface area contributed by atoms with Crippen LogP contribution in [0.3, 0.4) is 0 Å². The number of carboxylic acids is 1. The number of aliphatic imine (C=N–C) groups is 2. The van der Waals surface area contributed by atoms with E-state index in [1.165, 1.54) is 26.8 Å².